The monoisotopic (exact) mass is 963 g/mol. The maximum absolute atomic E-state index is 2.65. The van der Waals surface area contributed by atoms with Crippen LogP contribution in [0.25, 0.3) is 94.3 Å². The van der Waals surface area contributed by atoms with Gasteiger partial charge in [0.25, 0.3) is 6.71 Å². The zero-order valence-corrected chi connectivity index (χ0v) is 41.5. The summed E-state index contributed by atoms with van der Waals surface area (Å²) in [7, 11) is 0. The van der Waals surface area contributed by atoms with Gasteiger partial charge >= 0.3 is 0 Å². The molecule has 0 amide bonds. The van der Waals surface area contributed by atoms with Crippen molar-refractivity contribution < 1.29 is 0 Å². The highest BCUT2D eigenvalue weighted by atomic mass is 15.2. The Morgan fingerprint density at radius 3 is 1.33 bits per heavy atom. The molecule has 0 spiro atoms. The predicted octanol–water partition coefficient (Wildman–Crippen LogP) is 17.2. The Hall–Kier alpha value is -9.90. The van der Waals surface area contributed by atoms with Crippen LogP contribution >= 0.6 is 0 Å². The van der Waals surface area contributed by atoms with Gasteiger partial charge in [0.05, 0.1) is 22.4 Å². The summed E-state index contributed by atoms with van der Waals surface area (Å²) in [6.45, 7) is -0.122. The summed E-state index contributed by atoms with van der Waals surface area (Å²) < 4.78 is 2.50. The van der Waals surface area contributed by atoms with Gasteiger partial charge in [0, 0.05) is 50.3 Å². The summed E-state index contributed by atoms with van der Waals surface area (Å²) in [5, 5.41) is 2.47. The van der Waals surface area contributed by atoms with Crippen molar-refractivity contribution in [2.45, 2.75) is 0 Å². The Labute approximate surface area is 442 Å². The first-order valence-electron chi connectivity index (χ1n) is 26.4. The molecular formula is C72H46BN3. The van der Waals surface area contributed by atoms with Gasteiger partial charge in [-0.1, -0.05) is 218 Å². The predicted molar refractivity (Wildman–Crippen MR) is 321 cm³/mol. The SMILES string of the molecule is c1ccc(-c2ccc(N3c4cc(-c5ccccc5)ccc4B4c5cc(-c6ccccc6)cc6c5N(c5ccc(-c7ccccc7)cc5-c5ccccc5-6)c5cc(-n6c7ccccc7c7ccccc76)cc3c54)cc2)cc1. The molecule has 12 aromatic carbocycles. The van der Waals surface area contributed by atoms with Crippen LogP contribution in [0.15, 0.2) is 279 Å². The number of nitrogens with zero attached hydrogens (tertiary/aromatic N) is 3. The molecule has 1 aromatic heterocycles. The molecule has 0 unspecified atom stereocenters. The number of rotatable bonds is 6. The lowest BCUT2D eigenvalue weighted by molar-refractivity contribution is 1.16. The van der Waals surface area contributed by atoms with E-state index in [2.05, 4.69) is 293 Å². The highest BCUT2D eigenvalue weighted by molar-refractivity contribution is 7.00. The molecule has 3 aliphatic heterocycles. The minimum absolute atomic E-state index is 0.122. The summed E-state index contributed by atoms with van der Waals surface area (Å²) in [4.78, 5) is 5.22. The lowest BCUT2D eigenvalue weighted by Gasteiger charge is -2.45. The van der Waals surface area contributed by atoms with Crippen LogP contribution in [0, 0.1) is 0 Å². The molecule has 3 aliphatic rings. The molecule has 13 aromatic rings. The number of hydrogen-bond donors (Lipinski definition) is 0. The molecule has 0 atom stereocenters. The van der Waals surface area contributed by atoms with E-state index < -0.39 is 0 Å². The van der Waals surface area contributed by atoms with Gasteiger partial charge in [-0.3, -0.25) is 0 Å². The molecule has 0 N–H and O–H groups in total. The van der Waals surface area contributed by atoms with E-state index in [1.165, 1.54) is 122 Å². The van der Waals surface area contributed by atoms with Gasteiger partial charge in [-0.15, -0.1) is 0 Å². The second kappa shape index (κ2) is 16.8. The fraction of sp³-hybridized carbons (Fsp3) is 0. The zero-order valence-electron chi connectivity index (χ0n) is 41.5. The van der Waals surface area contributed by atoms with Gasteiger partial charge in [0.1, 0.15) is 0 Å². The molecule has 76 heavy (non-hydrogen) atoms. The van der Waals surface area contributed by atoms with E-state index in [0.717, 1.165) is 22.7 Å². The molecule has 0 saturated carbocycles. The van der Waals surface area contributed by atoms with Crippen LogP contribution in [0.5, 0.6) is 0 Å². The standard InChI is InChI=1S/C72H46BN3/c1-5-19-47(20-6-1)51-33-37-55(38-34-51)74-68-44-53(49-23-9-3-10-24-49)35-39-63(68)73-64-43-54(50-25-11-4-12-26-50)42-62-58-28-14-13-27-57(58)61-41-52(48-21-7-2-8-22-48)36-40-67(61)76(72(62)64)70-46-56(45-69(74)71(70)73)75-65-31-17-15-29-59(65)60-30-16-18-32-66(60)75/h1-46H. The van der Waals surface area contributed by atoms with E-state index in [4.69, 9.17) is 0 Å². The minimum atomic E-state index is -0.122. The number of para-hydroxylation sites is 2. The van der Waals surface area contributed by atoms with Crippen molar-refractivity contribution in [2.75, 3.05) is 9.80 Å². The number of hydrogen-bond acceptors (Lipinski definition) is 2. The lowest BCUT2D eigenvalue weighted by atomic mass is 9.33. The van der Waals surface area contributed by atoms with Gasteiger partial charge in [-0.2, -0.15) is 0 Å². The third-order valence-corrected chi connectivity index (χ3v) is 16.3. The van der Waals surface area contributed by atoms with Crippen LogP contribution in [0.2, 0.25) is 0 Å². The summed E-state index contributed by atoms with van der Waals surface area (Å²) >= 11 is 0. The third kappa shape index (κ3) is 6.44. The fourth-order valence-corrected chi connectivity index (χ4v) is 12.9. The van der Waals surface area contributed by atoms with Gasteiger partial charge in [0.2, 0.25) is 0 Å². The topological polar surface area (TPSA) is 11.4 Å². The van der Waals surface area contributed by atoms with Crippen LogP contribution < -0.4 is 26.2 Å². The van der Waals surface area contributed by atoms with Crippen LogP contribution in [0.1, 0.15) is 0 Å². The van der Waals surface area contributed by atoms with Crippen molar-refractivity contribution in [3.8, 4) is 72.4 Å². The Bertz CT molecular complexity index is 4400. The van der Waals surface area contributed by atoms with E-state index >= 15 is 0 Å². The van der Waals surface area contributed by atoms with E-state index in [1.807, 2.05) is 0 Å². The van der Waals surface area contributed by atoms with E-state index in [1.54, 1.807) is 0 Å². The van der Waals surface area contributed by atoms with E-state index in [9.17, 15) is 0 Å². The molecule has 4 heterocycles. The summed E-state index contributed by atoms with van der Waals surface area (Å²) in [6, 6.07) is 104. The fourth-order valence-electron chi connectivity index (χ4n) is 12.9. The number of fused-ring (bicyclic) bond motifs is 12. The first-order chi connectivity index (χ1) is 37.7. The molecule has 3 nitrogen and oxygen atoms in total. The molecule has 16 rings (SSSR count). The first-order valence-corrected chi connectivity index (χ1v) is 26.4. The number of benzene rings is 12. The molecule has 0 radical (unpaired) electrons. The number of aromatic nitrogens is 1. The Balaban J connectivity index is 1.07. The molecule has 352 valence electrons. The van der Waals surface area contributed by atoms with E-state index in [0.29, 0.717) is 0 Å². The van der Waals surface area contributed by atoms with Crippen molar-refractivity contribution >= 4 is 79.0 Å². The maximum atomic E-state index is 2.65. The second-order valence-corrected chi connectivity index (χ2v) is 20.4. The molecule has 0 aliphatic carbocycles. The minimum Gasteiger partial charge on any atom is -0.311 e. The Kier molecular flexibility index (Phi) is 9.43. The normalized spacial score (nSPS) is 12.7. The zero-order chi connectivity index (χ0) is 49.8. The highest BCUT2D eigenvalue weighted by Crippen LogP contribution is 2.55. The third-order valence-electron chi connectivity index (χ3n) is 16.3. The van der Waals surface area contributed by atoms with Gasteiger partial charge in [-0.05, 0) is 133 Å². The second-order valence-electron chi connectivity index (χ2n) is 20.4. The number of anilines is 6. The molecule has 0 bridgehead atoms. The van der Waals surface area contributed by atoms with Crippen LogP contribution in [0.3, 0.4) is 0 Å². The van der Waals surface area contributed by atoms with Gasteiger partial charge < -0.3 is 14.4 Å². The van der Waals surface area contributed by atoms with Crippen molar-refractivity contribution in [2.24, 2.45) is 0 Å². The Morgan fingerprint density at radius 2 is 0.711 bits per heavy atom. The van der Waals surface area contributed by atoms with Crippen molar-refractivity contribution in [3.63, 3.8) is 0 Å². The van der Waals surface area contributed by atoms with Gasteiger partial charge in [0.15, 0.2) is 0 Å². The van der Waals surface area contributed by atoms with Crippen molar-refractivity contribution in [1.82, 2.24) is 4.57 Å². The van der Waals surface area contributed by atoms with Crippen molar-refractivity contribution in [1.29, 1.82) is 0 Å². The average molecular weight is 964 g/mol. The lowest BCUT2D eigenvalue weighted by Crippen LogP contribution is -2.61. The summed E-state index contributed by atoms with van der Waals surface area (Å²) in [6.07, 6.45) is 0. The summed E-state index contributed by atoms with van der Waals surface area (Å²) in [5.41, 5.74) is 28.7. The van der Waals surface area contributed by atoms with E-state index in [-0.39, 0.29) is 6.71 Å². The highest BCUT2D eigenvalue weighted by Gasteiger charge is 2.46. The van der Waals surface area contributed by atoms with Crippen molar-refractivity contribution in [3.05, 3.63) is 279 Å². The largest absolute Gasteiger partial charge is 0.311 e. The van der Waals surface area contributed by atoms with Crippen LogP contribution in [-0.2, 0) is 0 Å². The molecule has 0 saturated heterocycles. The molecule has 4 heteroatoms. The quantitative estimate of drug-likeness (QED) is 0.154. The Morgan fingerprint density at radius 1 is 0.250 bits per heavy atom. The van der Waals surface area contributed by atoms with Crippen LogP contribution in [0.4, 0.5) is 34.1 Å². The maximum Gasteiger partial charge on any atom is 0.252 e. The van der Waals surface area contributed by atoms with Crippen LogP contribution in [-0.4, -0.2) is 11.3 Å². The smallest absolute Gasteiger partial charge is 0.252 e. The average Bonchev–Trinajstić information content (AvgIpc) is 3.88. The molecular weight excluding hydrogens is 918 g/mol. The van der Waals surface area contributed by atoms with Gasteiger partial charge in [-0.25, -0.2) is 0 Å². The molecule has 0 fully saturated rings. The first kappa shape index (κ1) is 42.6. The summed E-state index contributed by atoms with van der Waals surface area (Å²) in [5.74, 6) is 0.